The number of anilines is 1. The van der Waals surface area contributed by atoms with Gasteiger partial charge >= 0.3 is 0 Å². The highest BCUT2D eigenvalue weighted by molar-refractivity contribution is 5.48. The molecule has 3 nitrogen and oxygen atoms in total. The molecule has 0 aromatic heterocycles. The molecule has 1 aromatic rings. The summed E-state index contributed by atoms with van der Waals surface area (Å²) in [6, 6.07) is 4.99. The lowest BCUT2D eigenvalue weighted by Crippen LogP contribution is -2.12. The number of nitrogens with two attached hydrogens (primary N) is 2. The Labute approximate surface area is 77.4 Å². The van der Waals surface area contributed by atoms with Crippen molar-refractivity contribution < 1.29 is 5.11 Å². The number of phenolic OH excluding ortho intramolecular Hbond substituents is 1. The van der Waals surface area contributed by atoms with Crippen molar-refractivity contribution in [3.05, 3.63) is 23.8 Å². The summed E-state index contributed by atoms with van der Waals surface area (Å²) < 4.78 is 0. The van der Waals surface area contributed by atoms with Crippen LogP contribution in [0.4, 0.5) is 5.69 Å². The molecule has 1 saturated carbocycles. The first-order valence-corrected chi connectivity index (χ1v) is 4.52. The quantitative estimate of drug-likeness (QED) is 0.473. The lowest BCUT2D eigenvalue weighted by Gasteiger charge is -2.12. The maximum atomic E-state index is 9.55. The summed E-state index contributed by atoms with van der Waals surface area (Å²) in [6.07, 6.45) is 2.32. The summed E-state index contributed by atoms with van der Waals surface area (Å²) in [6.45, 7) is 0. The van der Waals surface area contributed by atoms with Crippen molar-refractivity contribution in [2.24, 2.45) is 11.7 Å². The third kappa shape index (κ3) is 1.60. The molecule has 0 heterocycles. The van der Waals surface area contributed by atoms with Gasteiger partial charge in [-0.2, -0.15) is 0 Å². The highest BCUT2D eigenvalue weighted by atomic mass is 16.3. The highest BCUT2D eigenvalue weighted by Crippen LogP contribution is 2.42. The summed E-state index contributed by atoms with van der Waals surface area (Å²) in [7, 11) is 0. The molecule has 1 aromatic carbocycles. The van der Waals surface area contributed by atoms with Gasteiger partial charge in [-0.1, -0.05) is 0 Å². The molecule has 0 bridgehead atoms. The predicted molar refractivity (Wildman–Crippen MR) is 52.2 cm³/mol. The average molecular weight is 178 g/mol. The molecule has 0 aliphatic heterocycles. The van der Waals surface area contributed by atoms with Gasteiger partial charge in [0.25, 0.3) is 0 Å². The van der Waals surface area contributed by atoms with E-state index in [4.69, 9.17) is 11.5 Å². The van der Waals surface area contributed by atoms with E-state index in [-0.39, 0.29) is 11.8 Å². The normalized spacial score (nSPS) is 18.5. The van der Waals surface area contributed by atoms with E-state index < -0.39 is 0 Å². The van der Waals surface area contributed by atoms with Crippen LogP contribution in [0.3, 0.4) is 0 Å². The Hall–Kier alpha value is -1.22. The minimum atomic E-state index is -0.0523. The molecular weight excluding hydrogens is 164 g/mol. The van der Waals surface area contributed by atoms with Crippen molar-refractivity contribution >= 4 is 5.69 Å². The molecule has 1 atom stereocenters. The van der Waals surface area contributed by atoms with Gasteiger partial charge in [0, 0.05) is 17.3 Å². The van der Waals surface area contributed by atoms with Gasteiger partial charge in [0.2, 0.25) is 0 Å². The van der Waals surface area contributed by atoms with Crippen molar-refractivity contribution in [2.45, 2.75) is 18.9 Å². The third-order valence-corrected chi connectivity index (χ3v) is 2.54. The fourth-order valence-electron chi connectivity index (χ4n) is 1.55. The van der Waals surface area contributed by atoms with Crippen LogP contribution in [0, 0.1) is 5.92 Å². The fraction of sp³-hybridized carbons (Fsp3) is 0.400. The fourth-order valence-corrected chi connectivity index (χ4v) is 1.55. The van der Waals surface area contributed by atoms with Crippen LogP contribution in [0.1, 0.15) is 24.4 Å². The summed E-state index contributed by atoms with van der Waals surface area (Å²) in [5.41, 5.74) is 13.0. The first-order chi connectivity index (χ1) is 6.18. The predicted octanol–water partition coefficient (Wildman–Crippen LogP) is 1.38. The van der Waals surface area contributed by atoms with E-state index >= 15 is 0 Å². The van der Waals surface area contributed by atoms with E-state index in [0.29, 0.717) is 11.6 Å². The van der Waals surface area contributed by atoms with Crippen molar-refractivity contribution in [3.8, 4) is 5.75 Å². The largest absolute Gasteiger partial charge is 0.508 e. The summed E-state index contributed by atoms with van der Waals surface area (Å²) in [5, 5.41) is 9.55. The van der Waals surface area contributed by atoms with E-state index in [1.165, 1.54) is 0 Å². The second kappa shape index (κ2) is 2.92. The van der Waals surface area contributed by atoms with Crippen LogP contribution in [0.25, 0.3) is 0 Å². The van der Waals surface area contributed by atoms with Gasteiger partial charge in [0.15, 0.2) is 0 Å². The molecule has 2 rings (SSSR count). The molecule has 0 saturated heterocycles. The van der Waals surface area contributed by atoms with Gasteiger partial charge < -0.3 is 16.6 Å². The summed E-state index contributed by atoms with van der Waals surface area (Å²) in [5.74, 6) is 0.793. The third-order valence-electron chi connectivity index (χ3n) is 2.54. The molecule has 1 aliphatic carbocycles. The molecule has 70 valence electrons. The molecule has 0 radical (unpaired) electrons. The van der Waals surface area contributed by atoms with Crippen LogP contribution in [-0.2, 0) is 0 Å². The zero-order valence-electron chi connectivity index (χ0n) is 7.40. The Kier molecular flexibility index (Phi) is 1.88. The van der Waals surface area contributed by atoms with Gasteiger partial charge in [0.05, 0.1) is 0 Å². The van der Waals surface area contributed by atoms with Gasteiger partial charge in [-0.25, -0.2) is 0 Å². The van der Waals surface area contributed by atoms with Crippen molar-refractivity contribution in [2.75, 3.05) is 5.73 Å². The topological polar surface area (TPSA) is 72.3 Å². The Bertz CT molecular complexity index is 321. The molecular formula is C10H14N2O. The van der Waals surface area contributed by atoms with Crippen LogP contribution >= 0.6 is 0 Å². The number of hydrogen-bond donors (Lipinski definition) is 3. The Morgan fingerprint density at radius 3 is 2.69 bits per heavy atom. The van der Waals surface area contributed by atoms with E-state index in [1.54, 1.807) is 18.2 Å². The molecule has 13 heavy (non-hydrogen) atoms. The number of rotatable bonds is 2. The van der Waals surface area contributed by atoms with Gasteiger partial charge in [-0.05, 0) is 37.0 Å². The van der Waals surface area contributed by atoms with Crippen molar-refractivity contribution in [1.29, 1.82) is 0 Å². The van der Waals surface area contributed by atoms with E-state index in [1.807, 2.05) is 0 Å². The van der Waals surface area contributed by atoms with E-state index in [0.717, 1.165) is 18.4 Å². The zero-order valence-corrected chi connectivity index (χ0v) is 7.40. The van der Waals surface area contributed by atoms with Crippen molar-refractivity contribution in [1.82, 2.24) is 0 Å². The SMILES string of the molecule is Nc1ccc(O)c(C(N)C2CC2)c1. The monoisotopic (exact) mass is 178 g/mol. The maximum absolute atomic E-state index is 9.55. The number of hydrogen-bond acceptors (Lipinski definition) is 3. The minimum Gasteiger partial charge on any atom is -0.508 e. The summed E-state index contributed by atoms with van der Waals surface area (Å²) >= 11 is 0. The van der Waals surface area contributed by atoms with Gasteiger partial charge in [-0.3, -0.25) is 0 Å². The second-order valence-electron chi connectivity index (χ2n) is 3.68. The number of nitrogen functional groups attached to an aromatic ring is 1. The molecule has 0 amide bonds. The maximum Gasteiger partial charge on any atom is 0.120 e. The Morgan fingerprint density at radius 1 is 1.38 bits per heavy atom. The first-order valence-electron chi connectivity index (χ1n) is 4.52. The van der Waals surface area contributed by atoms with E-state index in [2.05, 4.69) is 0 Å². The molecule has 5 N–H and O–H groups in total. The molecule has 3 heteroatoms. The zero-order chi connectivity index (χ0) is 9.42. The van der Waals surface area contributed by atoms with Gasteiger partial charge in [-0.15, -0.1) is 0 Å². The van der Waals surface area contributed by atoms with Crippen LogP contribution < -0.4 is 11.5 Å². The lowest BCUT2D eigenvalue weighted by atomic mass is 10.0. The van der Waals surface area contributed by atoms with Crippen molar-refractivity contribution in [3.63, 3.8) is 0 Å². The average Bonchev–Trinajstić information content (AvgIpc) is 2.91. The standard InChI is InChI=1S/C10H14N2O/c11-7-3-4-9(13)8(5-7)10(12)6-1-2-6/h3-6,10,13H,1-2,11-12H2. The molecule has 1 aliphatic rings. The van der Waals surface area contributed by atoms with E-state index in [9.17, 15) is 5.11 Å². The number of benzene rings is 1. The first kappa shape index (κ1) is 8.38. The molecule has 0 spiro atoms. The summed E-state index contributed by atoms with van der Waals surface area (Å²) in [4.78, 5) is 0. The smallest absolute Gasteiger partial charge is 0.120 e. The van der Waals surface area contributed by atoms with Crippen LogP contribution in [-0.4, -0.2) is 5.11 Å². The minimum absolute atomic E-state index is 0.0523. The number of aromatic hydroxyl groups is 1. The highest BCUT2D eigenvalue weighted by Gasteiger charge is 2.30. The Balaban J connectivity index is 2.31. The molecule has 1 fully saturated rings. The molecule has 1 unspecified atom stereocenters. The Morgan fingerprint density at radius 2 is 2.08 bits per heavy atom. The lowest BCUT2D eigenvalue weighted by molar-refractivity contribution is 0.456. The van der Waals surface area contributed by atoms with Crippen LogP contribution in [0.2, 0.25) is 0 Å². The number of phenols is 1. The van der Waals surface area contributed by atoms with Crippen LogP contribution in [0.5, 0.6) is 5.75 Å². The van der Waals surface area contributed by atoms with Crippen LogP contribution in [0.15, 0.2) is 18.2 Å². The van der Waals surface area contributed by atoms with Gasteiger partial charge in [0.1, 0.15) is 5.75 Å². The second-order valence-corrected chi connectivity index (χ2v) is 3.68.